The molecule has 0 unspecified atom stereocenters. The van der Waals surface area contributed by atoms with Crippen molar-refractivity contribution < 1.29 is 9.59 Å². The molecule has 0 saturated carbocycles. The zero-order valence-electron chi connectivity index (χ0n) is 8.66. The summed E-state index contributed by atoms with van der Waals surface area (Å²) in [6.07, 6.45) is 0.294. The van der Waals surface area contributed by atoms with Gasteiger partial charge in [0.1, 0.15) is 5.78 Å². The van der Waals surface area contributed by atoms with Gasteiger partial charge in [-0.3, -0.25) is 9.59 Å². The Labute approximate surface area is 87.9 Å². The highest BCUT2D eigenvalue weighted by Gasteiger charge is 2.27. The predicted octanol–water partition coefficient (Wildman–Crippen LogP) is 2.94. The minimum absolute atomic E-state index is 0.0557. The summed E-state index contributed by atoms with van der Waals surface area (Å²) >= 11 is 1.42. The Morgan fingerprint density at radius 3 is 2.50 bits per heavy atom. The Morgan fingerprint density at radius 1 is 1.43 bits per heavy atom. The summed E-state index contributed by atoms with van der Waals surface area (Å²) in [6, 6.07) is 3.64. The largest absolute Gasteiger partial charge is 0.299 e. The summed E-state index contributed by atoms with van der Waals surface area (Å²) in [7, 11) is 0. The standard InChI is InChI=1S/C11H14O2S/c1-8(12)11(2,3)7-9(13)10-5-4-6-14-10/h4-6H,7H2,1-3H3. The van der Waals surface area contributed by atoms with Gasteiger partial charge in [-0.2, -0.15) is 0 Å². The molecule has 0 aliphatic rings. The maximum atomic E-state index is 11.7. The third kappa shape index (κ3) is 2.51. The second-order valence-corrected chi connectivity index (χ2v) is 4.97. The first kappa shape index (κ1) is 11.1. The molecule has 0 aliphatic heterocycles. The smallest absolute Gasteiger partial charge is 0.173 e. The molecule has 0 aromatic carbocycles. The summed E-state index contributed by atoms with van der Waals surface area (Å²) in [5.41, 5.74) is -0.541. The van der Waals surface area contributed by atoms with E-state index >= 15 is 0 Å². The fourth-order valence-corrected chi connectivity index (χ4v) is 1.71. The zero-order chi connectivity index (χ0) is 10.8. The van der Waals surface area contributed by atoms with Crippen LogP contribution >= 0.6 is 11.3 Å². The number of thiophene rings is 1. The van der Waals surface area contributed by atoms with Gasteiger partial charge in [-0.1, -0.05) is 19.9 Å². The van der Waals surface area contributed by atoms with Crippen LogP contribution in [0.3, 0.4) is 0 Å². The van der Waals surface area contributed by atoms with Crippen molar-refractivity contribution in [2.45, 2.75) is 27.2 Å². The van der Waals surface area contributed by atoms with Gasteiger partial charge in [-0.15, -0.1) is 11.3 Å². The molecule has 3 heteroatoms. The summed E-state index contributed by atoms with van der Waals surface area (Å²) in [5, 5.41) is 1.87. The first-order valence-corrected chi connectivity index (χ1v) is 5.39. The Balaban J connectivity index is 2.71. The van der Waals surface area contributed by atoms with E-state index in [4.69, 9.17) is 0 Å². The zero-order valence-corrected chi connectivity index (χ0v) is 9.48. The molecule has 0 aliphatic carbocycles. The summed E-state index contributed by atoms with van der Waals surface area (Å²) < 4.78 is 0. The molecule has 14 heavy (non-hydrogen) atoms. The second kappa shape index (κ2) is 4.05. The maximum absolute atomic E-state index is 11.7. The summed E-state index contributed by atoms with van der Waals surface area (Å²) in [5.74, 6) is 0.114. The Hall–Kier alpha value is -0.960. The van der Waals surface area contributed by atoms with Crippen LogP contribution in [0.1, 0.15) is 36.9 Å². The normalized spacial score (nSPS) is 11.4. The lowest BCUT2D eigenvalue weighted by molar-refractivity contribution is -0.124. The molecule has 0 radical (unpaired) electrons. The van der Waals surface area contributed by atoms with Crippen molar-refractivity contribution in [1.29, 1.82) is 0 Å². The van der Waals surface area contributed by atoms with Crippen LogP contribution in [0, 0.1) is 5.41 Å². The van der Waals surface area contributed by atoms with E-state index in [2.05, 4.69) is 0 Å². The fraction of sp³-hybridized carbons (Fsp3) is 0.455. The fourth-order valence-electron chi connectivity index (χ4n) is 1.05. The second-order valence-electron chi connectivity index (χ2n) is 4.02. The summed E-state index contributed by atoms with van der Waals surface area (Å²) in [6.45, 7) is 5.14. The highest BCUT2D eigenvalue weighted by Crippen LogP contribution is 2.25. The first-order chi connectivity index (χ1) is 6.43. The summed E-state index contributed by atoms with van der Waals surface area (Å²) in [4.78, 5) is 23.6. The van der Waals surface area contributed by atoms with Crippen LogP contribution in [-0.4, -0.2) is 11.6 Å². The van der Waals surface area contributed by atoms with E-state index in [0.717, 1.165) is 4.88 Å². The van der Waals surface area contributed by atoms with Crippen LogP contribution in [0.2, 0.25) is 0 Å². The molecule has 0 amide bonds. The third-order valence-corrected chi connectivity index (χ3v) is 3.26. The molecule has 0 saturated heterocycles. The number of ketones is 2. The number of hydrogen-bond acceptors (Lipinski definition) is 3. The van der Waals surface area contributed by atoms with Crippen LogP contribution in [0.25, 0.3) is 0 Å². The van der Waals surface area contributed by atoms with E-state index in [1.54, 1.807) is 19.9 Å². The van der Waals surface area contributed by atoms with Gasteiger partial charge >= 0.3 is 0 Å². The van der Waals surface area contributed by atoms with Gasteiger partial charge in [0.25, 0.3) is 0 Å². The molecule has 2 nitrogen and oxygen atoms in total. The van der Waals surface area contributed by atoms with Crippen molar-refractivity contribution in [2.24, 2.45) is 5.41 Å². The van der Waals surface area contributed by atoms with Crippen LogP contribution < -0.4 is 0 Å². The van der Waals surface area contributed by atoms with Crippen LogP contribution in [0.5, 0.6) is 0 Å². The molecule has 0 N–H and O–H groups in total. The number of carbonyl (C=O) groups is 2. The number of carbonyl (C=O) groups excluding carboxylic acids is 2. The van der Waals surface area contributed by atoms with Gasteiger partial charge in [0.2, 0.25) is 0 Å². The lowest BCUT2D eigenvalue weighted by atomic mass is 9.83. The van der Waals surface area contributed by atoms with E-state index in [1.165, 1.54) is 18.3 Å². The van der Waals surface area contributed by atoms with E-state index in [-0.39, 0.29) is 11.6 Å². The van der Waals surface area contributed by atoms with Crippen LogP contribution in [0.15, 0.2) is 17.5 Å². The number of Topliss-reactive ketones (excluding diaryl/α,β-unsaturated/α-hetero) is 2. The minimum atomic E-state index is -0.541. The molecule has 0 atom stereocenters. The SMILES string of the molecule is CC(=O)C(C)(C)CC(=O)c1cccs1. The third-order valence-electron chi connectivity index (χ3n) is 2.35. The van der Waals surface area contributed by atoms with Gasteiger partial charge in [0, 0.05) is 11.8 Å². The highest BCUT2D eigenvalue weighted by atomic mass is 32.1. The Morgan fingerprint density at radius 2 is 2.07 bits per heavy atom. The average Bonchev–Trinajstić information content (AvgIpc) is 2.54. The molecule has 1 heterocycles. The van der Waals surface area contributed by atoms with Crippen molar-refractivity contribution in [3.63, 3.8) is 0 Å². The van der Waals surface area contributed by atoms with E-state index in [9.17, 15) is 9.59 Å². The highest BCUT2D eigenvalue weighted by molar-refractivity contribution is 7.12. The van der Waals surface area contributed by atoms with Gasteiger partial charge in [0.05, 0.1) is 4.88 Å². The molecule has 1 aromatic heterocycles. The van der Waals surface area contributed by atoms with Crippen molar-refractivity contribution in [3.8, 4) is 0 Å². The van der Waals surface area contributed by atoms with Gasteiger partial charge in [-0.05, 0) is 18.4 Å². The van der Waals surface area contributed by atoms with Crippen molar-refractivity contribution in [2.75, 3.05) is 0 Å². The van der Waals surface area contributed by atoms with E-state index in [0.29, 0.717) is 6.42 Å². The molecule has 1 aromatic rings. The quantitative estimate of drug-likeness (QED) is 0.716. The predicted molar refractivity (Wildman–Crippen MR) is 57.7 cm³/mol. The van der Waals surface area contributed by atoms with Gasteiger partial charge in [0.15, 0.2) is 5.78 Å². The van der Waals surface area contributed by atoms with Gasteiger partial charge in [-0.25, -0.2) is 0 Å². The van der Waals surface area contributed by atoms with Crippen molar-refractivity contribution in [1.82, 2.24) is 0 Å². The molecular formula is C11H14O2S. The molecule has 0 bridgehead atoms. The maximum Gasteiger partial charge on any atom is 0.173 e. The van der Waals surface area contributed by atoms with Crippen LogP contribution in [0.4, 0.5) is 0 Å². The van der Waals surface area contributed by atoms with Crippen molar-refractivity contribution in [3.05, 3.63) is 22.4 Å². The first-order valence-electron chi connectivity index (χ1n) is 4.51. The monoisotopic (exact) mass is 210 g/mol. The lowest BCUT2D eigenvalue weighted by Gasteiger charge is -2.19. The van der Waals surface area contributed by atoms with Gasteiger partial charge < -0.3 is 0 Å². The molecular weight excluding hydrogens is 196 g/mol. The Bertz CT molecular complexity index is 336. The number of hydrogen-bond donors (Lipinski definition) is 0. The lowest BCUT2D eigenvalue weighted by Crippen LogP contribution is -2.24. The minimum Gasteiger partial charge on any atom is -0.299 e. The Kier molecular flexibility index (Phi) is 3.21. The number of rotatable bonds is 4. The molecule has 0 spiro atoms. The van der Waals surface area contributed by atoms with Crippen molar-refractivity contribution >= 4 is 22.9 Å². The van der Waals surface area contributed by atoms with E-state index in [1.807, 2.05) is 11.4 Å². The molecule has 1 rings (SSSR count). The molecule has 0 fully saturated rings. The van der Waals surface area contributed by atoms with E-state index < -0.39 is 5.41 Å². The topological polar surface area (TPSA) is 34.1 Å². The van der Waals surface area contributed by atoms with Crippen LogP contribution in [-0.2, 0) is 4.79 Å². The molecule has 76 valence electrons. The average molecular weight is 210 g/mol.